The molecule has 0 spiro atoms. The molecule has 7 heteroatoms. The number of para-hydroxylation sites is 2. The van der Waals surface area contributed by atoms with Crippen LogP contribution in [0.1, 0.15) is 0 Å². The van der Waals surface area contributed by atoms with Crippen molar-refractivity contribution in [1.29, 1.82) is 0 Å². The summed E-state index contributed by atoms with van der Waals surface area (Å²) in [5.41, 5.74) is 13.8. The van der Waals surface area contributed by atoms with E-state index in [-0.39, 0.29) is 0 Å². The Labute approximate surface area is 366 Å². The maximum absolute atomic E-state index is 6.23. The van der Waals surface area contributed by atoms with Crippen LogP contribution in [-0.4, -0.2) is 24.9 Å². The van der Waals surface area contributed by atoms with Gasteiger partial charge < -0.3 is 8.83 Å². The van der Waals surface area contributed by atoms with Gasteiger partial charge in [-0.1, -0.05) is 127 Å². The third kappa shape index (κ3) is 6.09. The second-order valence-electron chi connectivity index (χ2n) is 16.1. The summed E-state index contributed by atoms with van der Waals surface area (Å²) in [6, 6.07) is 66.5. The topological polar surface area (TPSA) is 90.7 Å². The molecule has 298 valence electrons. The molecule has 7 nitrogen and oxygen atoms in total. The van der Waals surface area contributed by atoms with Crippen molar-refractivity contribution < 1.29 is 8.83 Å². The molecule has 0 unspecified atom stereocenters. The smallest absolute Gasteiger partial charge is 0.164 e. The summed E-state index contributed by atoms with van der Waals surface area (Å²) in [5, 5.41) is 6.40. The highest BCUT2D eigenvalue weighted by Crippen LogP contribution is 2.39. The molecule has 0 saturated heterocycles. The molecule has 5 heterocycles. The highest BCUT2D eigenvalue weighted by atomic mass is 16.3. The van der Waals surface area contributed by atoms with Gasteiger partial charge >= 0.3 is 0 Å². The van der Waals surface area contributed by atoms with E-state index in [9.17, 15) is 0 Å². The first kappa shape index (κ1) is 35.9. The zero-order chi connectivity index (χ0) is 42.1. The second kappa shape index (κ2) is 14.4. The lowest BCUT2D eigenvalue weighted by Crippen LogP contribution is -2.00. The van der Waals surface area contributed by atoms with Crippen LogP contribution >= 0.6 is 0 Å². The first-order valence-corrected chi connectivity index (χ1v) is 21.2. The summed E-state index contributed by atoms with van der Waals surface area (Å²) >= 11 is 0. The highest BCUT2D eigenvalue weighted by molar-refractivity contribution is 6.08. The Balaban J connectivity index is 0.972. The average molecular weight is 820 g/mol. The minimum atomic E-state index is 0.566. The lowest BCUT2D eigenvalue weighted by Gasteiger charge is -2.13. The van der Waals surface area contributed by atoms with E-state index in [1.165, 1.54) is 0 Å². The molecule has 0 aliphatic heterocycles. The quantitative estimate of drug-likeness (QED) is 0.154. The van der Waals surface area contributed by atoms with Crippen molar-refractivity contribution >= 4 is 65.7 Å². The standard InChI is InChI=1S/C57H33N5O2/c1-2-9-37(10-3-1)55-60-56(38-20-16-34(17-21-38)48-25-22-36-19-18-35-11-8-28-58-53(35)54(36)59-48)62-57(61-55)43-30-41(39-23-26-51-46(32-39)44-12-4-6-14-49(44)63-51)29-42(31-43)40-24-27-52-47(33-40)45-13-5-7-15-50(45)64-52/h1-33H. The number of fused-ring (bicyclic) bond motifs is 9. The maximum Gasteiger partial charge on any atom is 0.164 e. The van der Waals surface area contributed by atoms with Crippen molar-refractivity contribution in [3.63, 3.8) is 0 Å². The van der Waals surface area contributed by atoms with Crippen LogP contribution in [0.2, 0.25) is 0 Å². The van der Waals surface area contributed by atoms with Crippen LogP contribution in [0.4, 0.5) is 0 Å². The molecule has 0 aliphatic carbocycles. The first-order valence-electron chi connectivity index (χ1n) is 21.2. The van der Waals surface area contributed by atoms with Crippen LogP contribution in [0.5, 0.6) is 0 Å². The summed E-state index contributed by atoms with van der Waals surface area (Å²) in [6.45, 7) is 0. The van der Waals surface area contributed by atoms with Gasteiger partial charge in [-0.15, -0.1) is 0 Å². The van der Waals surface area contributed by atoms with E-state index in [1.54, 1.807) is 0 Å². The zero-order valence-corrected chi connectivity index (χ0v) is 34.1. The summed E-state index contributed by atoms with van der Waals surface area (Å²) in [6.07, 6.45) is 1.82. The highest BCUT2D eigenvalue weighted by Gasteiger charge is 2.18. The van der Waals surface area contributed by atoms with E-state index < -0.39 is 0 Å². The van der Waals surface area contributed by atoms with Crippen molar-refractivity contribution in [2.45, 2.75) is 0 Å². The van der Waals surface area contributed by atoms with Gasteiger partial charge in [0.05, 0.1) is 16.7 Å². The number of hydrogen-bond donors (Lipinski definition) is 0. The summed E-state index contributed by atoms with van der Waals surface area (Å²) in [5.74, 6) is 1.72. The van der Waals surface area contributed by atoms with Crippen LogP contribution in [0.15, 0.2) is 209 Å². The van der Waals surface area contributed by atoms with Gasteiger partial charge in [-0.25, -0.2) is 19.9 Å². The molecule has 0 atom stereocenters. The molecule has 5 aromatic heterocycles. The van der Waals surface area contributed by atoms with Crippen molar-refractivity contribution in [2.24, 2.45) is 0 Å². The first-order chi connectivity index (χ1) is 31.6. The Hall–Kier alpha value is -8.81. The fraction of sp³-hybridized carbons (Fsp3) is 0. The molecular weight excluding hydrogens is 787 g/mol. The van der Waals surface area contributed by atoms with Crippen LogP contribution in [0.25, 0.3) is 133 Å². The molecule has 0 fully saturated rings. The van der Waals surface area contributed by atoms with Crippen LogP contribution in [0, 0.1) is 0 Å². The van der Waals surface area contributed by atoms with Crippen molar-refractivity contribution in [3.05, 3.63) is 200 Å². The molecular formula is C57H33N5O2. The van der Waals surface area contributed by atoms with Gasteiger partial charge in [-0.05, 0) is 89.0 Å². The monoisotopic (exact) mass is 819 g/mol. The Morgan fingerprint density at radius 1 is 0.281 bits per heavy atom. The molecule has 0 aliphatic rings. The van der Waals surface area contributed by atoms with Crippen molar-refractivity contribution in [3.8, 4) is 67.7 Å². The second-order valence-corrected chi connectivity index (χ2v) is 16.1. The predicted molar refractivity (Wildman–Crippen MR) is 258 cm³/mol. The fourth-order valence-electron chi connectivity index (χ4n) is 8.93. The third-order valence-electron chi connectivity index (χ3n) is 12.1. The summed E-state index contributed by atoms with van der Waals surface area (Å²) < 4.78 is 12.5. The summed E-state index contributed by atoms with van der Waals surface area (Å²) in [7, 11) is 0. The molecule has 64 heavy (non-hydrogen) atoms. The van der Waals surface area contributed by atoms with Crippen LogP contribution < -0.4 is 0 Å². The minimum Gasteiger partial charge on any atom is -0.456 e. The molecule has 0 amide bonds. The van der Waals surface area contributed by atoms with E-state index in [2.05, 4.69) is 126 Å². The minimum absolute atomic E-state index is 0.566. The number of nitrogens with zero attached hydrogens (tertiary/aromatic N) is 5. The molecule has 0 N–H and O–H groups in total. The van der Waals surface area contributed by atoms with Crippen LogP contribution in [0.3, 0.4) is 0 Å². The van der Waals surface area contributed by atoms with E-state index >= 15 is 0 Å². The van der Waals surface area contributed by atoms with Gasteiger partial charge in [-0.3, -0.25) is 4.98 Å². The van der Waals surface area contributed by atoms with Gasteiger partial charge in [0.25, 0.3) is 0 Å². The van der Waals surface area contributed by atoms with Gasteiger partial charge in [0.15, 0.2) is 17.5 Å². The molecule has 0 radical (unpaired) electrons. The van der Waals surface area contributed by atoms with E-state index in [0.29, 0.717) is 17.5 Å². The molecule has 8 aromatic carbocycles. The molecule has 13 aromatic rings. The molecule has 0 bridgehead atoms. The number of pyridine rings is 2. The van der Waals surface area contributed by atoms with Crippen molar-refractivity contribution in [2.75, 3.05) is 0 Å². The van der Waals surface area contributed by atoms with Gasteiger partial charge in [0.2, 0.25) is 0 Å². The Bertz CT molecular complexity index is 3840. The molecule has 13 rings (SSSR count). The van der Waals surface area contributed by atoms with Gasteiger partial charge in [0, 0.05) is 60.8 Å². The summed E-state index contributed by atoms with van der Waals surface area (Å²) in [4.78, 5) is 25.3. The Morgan fingerprint density at radius 2 is 0.766 bits per heavy atom. The van der Waals surface area contributed by atoms with Crippen molar-refractivity contribution in [1.82, 2.24) is 24.9 Å². The van der Waals surface area contributed by atoms with E-state index in [1.807, 2.05) is 79.0 Å². The van der Waals surface area contributed by atoms with Crippen LogP contribution in [-0.2, 0) is 0 Å². The number of aromatic nitrogens is 5. The zero-order valence-electron chi connectivity index (χ0n) is 34.1. The maximum atomic E-state index is 6.23. The fourth-order valence-corrected chi connectivity index (χ4v) is 8.93. The van der Waals surface area contributed by atoms with E-state index in [4.69, 9.17) is 28.8 Å². The largest absolute Gasteiger partial charge is 0.456 e. The molecule has 0 saturated carbocycles. The van der Waals surface area contributed by atoms with Gasteiger partial charge in [0.1, 0.15) is 22.3 Å². The lowest BCUT2D eigenvalue weighted by molar-refractivity contribution is 0.668. The Morgan fingerprint density at radius 3 is 1.41 bits per heavy atom. The Kier molecular flexibility index (Phi) is 8.08. The lowest BCUT2D eigenvalue weighted by atomic mass is 9.94. The number of hydrogen-bond acceptors (Lipinski definition) is 7. The normalized spacial score (nSPS) is 11.8. The van der Waals surface area contributed by atoms with E-state index in [0.717, 1.165) is 116 Å². The number of benzene rings is 8. The third-order valence-corrected chi connectivity index (χ3v) is 12.1. The predicted octanol–water partition coefficient (Wildman–Crippen LogP) is 14.8. The number of rotatable bonds is 6. The average Bonchev–Trinajstić information content (AvgIpc) is 3.94. The van der Waals surface area contributed by atoms with Gasteiger partial charge in [-0.2, -0.15) is 0 Å². The SMILES string of the molecule is c1ccc(-c2nc(-c3ccc(-c4ccc5ccc6cccnc6c5n4)cc3)nc(-c3cc(-c4ccc5oc6ccccc6c5c4)cc(-c4ccc5oc6ccccc6c5c4)c3)n2)cc1. The number of furan rings is 2.